The largest absolute Gasteiger partial charge is 0.327 e. The highest BCUT2D eigenvalue weighted by atomic mass is 15.1. The molecule has 3 unspecified atom stereocenters. The molecule has 0 amide bonds. The lowest BCUT2D eigenvalue weighted by atomic mass is 9.61. The van der Waals surface area contributed by atoms with Crippen LogP contribution < -0.4 is 5.73 Å². The van der Waals surface area contributed by atoms with Gasteiger partial charge in [-0.1, -0.05) is 20.8 Å². The predicted molar refractivity (Wildman–Crippen MR) is 86.1 cm³/mol. The molecule has 0 aliphatic heterocycles. The third-order valence-electron chi connectivity index (χ3n) is 5.66. The molecule has 1 fully saturated rings. The lowest BCUT2D eigenvalue weighted by Gasteiger charge is -2.46. The molecule has 1 aliphatic rings. The van der Waals surface area contributed by atoms with E-state index < -0.39 is 0 Å². The molecule has 1 saturated carbocycles. The maximum Gasteiger partial charge on any atom is 0.159 e. The average Bonchev–Trinajstić information content (AvgIpc) is 2.83. The minimum Gasteiger partial charge on any atom is -0.327 e. The fourth-order valence-corrected chi connectivity index (χ4v) is 3.87. The Hall–Kier alpha value is -1.42. The van der Waals surface area contributed by atoms with Crippen molar-refractivity contribution in [2.24, 2.45) is 17.1 Å². The van der Waals surface area contributed by atoms with Crippen molar-refractivity contribution >= 4 is 11.2 Å². The summed E-state index contributed by atoms with van der Waals surface area (Å²) in [6.45, 7) is 10.1. The maximum atomic E-state index is 6.30. The van der Waals surface area contributed by atoms with Crippen LogP contribution in [0.1, 0.15) is 52.3 Å². The first-order valence-corrected chi connectivity index (χ1v) is 8.03. The van der Waals surface area contributed by atoms with Crippen molar-refractivity contribution in [3.63, 3.8) is 0 Å². The van der Waals surface area contributed by atoms with Crippen LogP contribution in [-0.2, 0) is 6.54 Å². The quantitative estimate of drug-likeness (QED) is 0.921. The van der Waals surface area contributed by atoms with Gasteiger partial charge in [0.2, 0.25) is 0 Å². The van der Waals surface area contributed by atoms with E-state index in [1.807, 2.05) is 12.3 Å². The average molecular weight is 286 g/mol. The fraction of sp³-hybridized carbons (Fsp3) is 0.647. The highest BCUT2D eigenvalue weighted by molar-refractivity contribution is 5.71. The van der Waals surface area contributed by atoms with Gasteiger partial charge < -0.3 is 10.3 Å². The molecule has 3 atom stereocenters. The van der Waals surface area contributed by atoms with Crippen LogP contribution in [0.2, 0.25) is 0 Å². The molecule has 2 N–H and O–H groups in total. The summed E-state index contributed by atoms with van der Waals surface area (Å²) < 4.78 is 2.28. The highest BCUT2D eigenvalue weighted by Gasteiger charge is 2.44. The van der Waals surface area contributed by atoms with E-state index in [1.165, 1.54) is 5.82 Å². The monoisotopic (exact) mass is 286 g/mol. The van der Waals surface area contributed by atoms with Gasteiger partial charge in [0.05, 0.1) is 0 Å². The Labute approximate surface area is 126 Å². The second-order valence-corrected chi connectivity index (χ2v) is 6.96. The molecular formula is C17H26N4. The second-order valence-electron chi connectivity index (χ2n) is 6.96. The van der Waals surface area contributed by atoms with Crippen molar-refractivity contribution < 1.29 is 0 Å². The van der Waals surface area contributed by atoms with Gasteiger partial charge in [-0.3, -0.25) is 0 Å². The summed E-state index contributed by atoms with van der Waals surface area (Å²) in [5, 5.41) is 0. The molecule has 21 heavy (non-hydrogen) atoms. The number of aromatic nitrogens is 3. The molecule has 114 valence electrons. The minimum atomic E-state index is 0.159. The van der Waals surface area contributed by atoms with Crippen LogP contribution in [-0.4, -0.2) is 20.6 Å². The molecule has 0 saturated heterocycles. The number of nitrogens with two attached hydrogens (primary N) is 1. The summed E-state index contributed by atoms with van der Waals surface area (Å²) >= 11 is 0. The highest BCUT2D eigenvalue weighted by Crippen LogP contribution is 2.49. The molecule has 2 heterocycles. The molecular weight excluding hydrogens is 260 g/mol. The zero-order chi connectivity index (χ0) is 15.2. The number of pyridine rings is 1. The standard InChI is InChI=1S/C17H26N4/c1-5-21-15(20-14-7-6-10-19-16(14)21)12-8-9-13(18)11(2)17(12,3)4/h6-7,10-13H,5,8-9,18H2,1-4H3. The summed E-state index contributed by atoms with van der Waals surface area (Å²) in [5.41, 5.74) is 8.47. The summed E-state index contributed by atoms with van der Waals surface area (Å²) in [6, 6.07) is 4.32. The number of rotatable bonds is 2. The summed E-state index contributed by atoms with van der Waals surface area (Å²) in [6.07, 6.45) is 4.04. The van der Waals surface area contributed by atoms with Crippen molar-refractivity contribution in [1.29, 1.82) is 0 Å². The lowest BCUT2D eigenvalue weighted by Crippen LogP contribution is -2.46. The Morgan fingerprint density at radius 3 is 2.86 bits per heavy atom. The normalized spacial score (nSPS) is 28.9. The SMILES string of the molecule is CCn1c(C2CCC(N)C(C)C2(C)C)nc2cccnc21. The number of hydrogen-bond donors (Lipinski definition) is 1. The lowest BCUT2D eigenvalue weighted by molar-refractivity contribution is 0.0932. The van der Waals surface area contributed by atoms with Gasteiger partial charge in [0, 0.05) is 24.7 Å². The Morgan fingerprint density at radius 1 is 1.38 bits per heavy atom. The predicted octanol–water partition coefficient (Wildman–Crippen LogP) is 3.32. The number of hydrogen-bond acceptors (Lipinski definition) is 3. The van der Waals surface area contributed by atoms with Crippen LogP contribution in [0, 0.1) is 11.3 Å². The van der Waals surface area contributed by atoms with Crippen molar-refractivity contribution in [3.8, 4) is 0 Å². The van der Waals surface area contributed by atoms with Crippen LogP contribution in [0.5, 0.6) is 0 Å². The van der Waals surface area contributed by atoms with Crippen molar-refractivity contribution in [2.75, 3.05) is 0 Å². The second kappa shape index (κ2) is 5.09. The van der Waals surface area contributed by atoms with Gasteiger partial charge in [0.25, 0.3) is 0 Å². The van der Waals surface area contributed by atoms with E-state index in [2.05, 4.69) is 43.3 Å². The zero-order valence-corrected chi connectivity index (χ0v) is 13.5. The van der Waals surface area contributed by atoms with E-state index in [9.17, 15) is 0 Å². The molecule has 0 radical (unpaired) electrons. The Morgan fingerprint density at radius 2 is 2.14 bits per heavy atom. The van der Waals surface area contributed by atoms with E-state index in [-0.39, 0.29) is 5.41 Å². The third-order valence-corrected chi connectivity index (χ3v) is 5.66. The first-order valence-electron chi connectivity index (χ1n) is 8.03. The molecule has 0 spiro atoms. The molecule has 3 rings (SSSR count). The van der Waals surface area contributed by atoms with Crippen LogP contribution in [0.25, 0.3) is 11.2 Å². The summed E-state index contributed by atoms with van der Waals surface area (Å²) in [4.78, 5) is 9.45. The molecule has 1 aliphatic carbocycles. The van der Waals surface area contributed by atoms with Crippen LogP contribution in [0.3, 0.4) is 0 Å². The van der Waals surface area contributed by atoms with Gasteiger partial charge in [-0.2, -0.15) is 0 Å². The fourth-order valence-electron chi connectivity index (χ4n) is 3.87. The first kappa shape index (κ1) is 14.5. The Bertz CT molecular complexity index is 643. The van der Waals surface area contributed by atoms with Crippen molar-refractivity contribution in [2.45, 2.75) is 59.0 Å². The molecule has 2 aromatic heterocycles. The number of fused-ring (bicyclic) bond motifs is 1. The van der Waals surface area contributed by atoms with E-state index >= 15 is 0 Å². The third kappa shape index (κ3) is 2.16. The Balaban J connectivity index is 2.11. The van der Waals surface area contributed by atoms with Gasteiger partial charge in [-0.05, 0) is 43.2 Å². The van der Waals surface area contributed by atoms with Crippen LogP contribution in [0.15, 0.2) is 18.3 Å². The summed E-state index contributed by atoms with van der Waals surface area (Å²) in [7, 11) is 0. The minimum absolute atomic E-state index is 0.159. The molecule has 0 bridgehead atoms. The molecule has 4 nitrogen and oxygen atoms in total. The van der Waals surface area contributed by atoms with E-state index in [4.69, 9.17) is 10.7 Å². The van der Waals surface area contributed by atoms with Crippen LogP contribution in [0.4, 0.5) is 0 Å². The Kier molecular flexibility index (Phi) is 3.52. The van der Waals surface area contributed by atoms with Gasteiger partial charge in [0.1, 0.15) is 11.3 Å². The van der Waals surface area contributed by atoms with Gasteiger partial charge >= 0.3 is 0 Å². The first-order chi connectivity index (χ1) is 9.96. The van der Waals surface area contributed by atoms with Gasteiger partial charge in [-0.15, -0.1) is 0 Å². The maximum absolute atomic E-state index is 6.30. The number of aryl methyl sites for hydroxylation is 1. The van der Waals surface area contributed by atoms with E-state index in [0.29, 0.717) is 17.9 Å². The zero-order valence-electron chi connectivity index (χ0n) is 13.5. The summed E-state index contributed by atoms with van der Waals surface area (Å²) in [5.74, 6) is 2.13. The molecule has 4 heteroatoms. The van der Waals surface area contributed by atoms with Gasteiger partial charge in [0.15, 0.2) is 5.65 Å². The van der Waals surface area contributed by atoms with Crippen LogP contribution >= 0.6 is 0 Å². The van der Waals surface area contributed by atoms with Crippen molar-refractivity contribution in [1.82, 2.24) is 14.5 Å². The van der Waals surface area contributed by atoms with Crippen molar-refractivity contribution in [3.05, 3.63) is 24.2 Å². The number of imidazole rings is 1. The molecule has 0 aromatic carbocycles. The smallest absolute Gasteiger partial charge is 0.159 e. The topological polar surface area (TPSA) is 56.7 Å². The van der Waals surface area contributed by atoms with E-state index in [0.717, 1.165) is 30.6 Å². The van der Waals surface area contributed by atoms with E-state index in [1.54, 1.807) is 0 Å². The molecule has 2 aromatic rings. The van der Waals surface area contributed by atoms with Gasteiger partial charge in [-0.25, -0.2) is 9.97 Å². The number of nitrogens with zero attached hydrogens (tertiary/aromatic N) is 3.